The topological polar surface area (TPSA) is 76.9 Å². The highest BCUT2D eigenvalue weighted by Crippen LogP contribution is 2.30. The average molecular weight is 465 g/mol. The summed E-state index contributed by atoms with van der Waals surface area (Å²) < 4.78 is 1.58. The lowest BCUT2D eigenvalue weighted by atomic mass is 10.2. The number of hydrogen-bond donors (Lipinski definition) is 1. The number of fused-ring (bicyclic) bond motifs is 1. The predicted octanol–water partition coefficient (Wildman–Crippen LogP) is 5.25. The largest absolute Gasteiger partial charge is 0.297 e. The van der Waals surface area contributed by atoms with Gasteiger partial charge in [0.1, 0.15) is 4.83 Å². The molecule has 5 rings (SSSR count). The van der Waals surface area contributed by atoms with Crippen LogP contribution in [-0.4, -0.2) is 20.4 Å². The molecule has 0 bridgehead atoms. The van der Waals surface area contributed by atoms with Crippen LogP contribution in [0.2, 0.25) is 0 Å². The summed E-state index contributed by atoms with van der Waals surface area (Å²) in [5, 5.41) is 7.79. The van der Waals surface area contributed by atoms with Gasteiger partial charge in [-0.05, 0) is 29.5 Å². The SMILES string of the molecule is Cc1c(C(=O)Nc2nc(-c3cccs3)cs2)sc2ncn(Cc3ccccc3)c(=O)c12. The number of thiazole rings is 1. The second kappa shape index (κ2) is 8.18. The van der Waals surface area contributed by atoms with Gasteiger partial charge in [-0.1, -0.05) is 36.4 Å². The minimum absolute atomic E-state index is 0.143. The molecule has 0 aliphatic carbocycles. The molecule has 0 radical (unpaired) electrons. The number of aryl methyl sites for hydroxylation is 1. The third-order valence-corrected chi connectivity index (χ3v) is 7.67. The van der Waals surface area contributed by atoms with Gasteiger partial charge >= 0.3 is 0 Å². The monoisotopic (exact) mass is 464 g/mol. The highest BCUT2D eigenvalue weighted by Gasteiger charge is 2.20. The van der Waals surface area contributed by atoms with E-state index in [1.165, 1.54) is 22.7 Å². The zero-order chi connectivity index (χ0) is 21.4. The first kappa shape index (κ1) is 19.8. The number of carbonyl (C=O) groups is 1. The number of anilines is 1. The normalized spacial score (nSPS) is 11.1. The Labute approximate surface area is 189 Å². The Morgan fingerprint density at radius 2 is 1.97 bits per heavy atom. The predicted molar refractivity (Wildman–Crippen MR) is 128 cm³/mol. The fraction of sp³-hybridized carbons (Fsp3) is 0.0909. The first-order chi connectivity index (χ1) is 15.1. The molecule has 154 valence electrons. The third-order valence-electron chi connectivity index (χ3n) is 4.82. The number of benzene rings is 1. The number of amides is 1. The summed E-state index contributed by atoms with van der Waals surface area (Å²) in [7, 11) is 0. The van der Waals surface area contributed by atoms with E-state index in [4.69, 9.17) is 0 Å². The number of rotatable bonds is 5. The molecular weight excluding hydrogens is 448 g/mol. The van der Waals surface area contributed by atoms with Crippen LogP contribution in [0.5, 0.6) is 0 Å². The molecule has 1 amide bonds. The summed E-state index contributed by atoms with van der Waals surface area (Å²) >= 11 is 4.21. The van der Waals surface area contributed by atoms with Gasteiger partial charge in [0.15, 0.2) is 5.13 Å². The van der Waals surface area contributed by atoms with E-state index in [-0.39, 0.29) is 11.5 Å². The van der Waals surface area contributed by atoms with Crippen molar-refractivity contribution in [1.29, 1.82) is 0 Å². The van der Waals surface area contributed by atoms with Gasteiger partial charge in [-0.3, -0.25) is 19.5 Å². The maximum absolute atomic E-state index is 13.1. The van der Waals surface area contributed by atoms with E-state index in [1.54, 1.807) is 29.2 Å². The highest BCUT2D eigenvalue weighted by atomic mass is 32.1. The molecular formula is C22H16N4O2S3. The molecule has 0 saturated heterocycles. The second-order valence-corrected chi connectivity index (χ2v) is 9.67. The zero-order valence-corrected chi connectivity index (χ0v) is 18.8. The fourth-order valence-corrected chi connectivity index (χ4v) is 5.79. The Hall–Kier alpha value is -3.14. The van der Waals surface area contributed by atoms with Gasteiger partial charge in [-0.25, -0.2) is 9.97 Å². The molecule has 4 heterocycles. The molecule has 0 atom stereocenters. The van der Waals surface area contributed by atoms with Crippen molar-refractivity contribution in [3.05, 3.63) is 85.9 Å². The number of hydrogen-bond acceptors (Lipinski definition) is 7. The van der Waals surface area contributed by atoms with Crippen LogP contribution in [0.4, 0.5) is 5.13 Å². The van der Waals surface area contributed by atoms with E-state index in [0.29, 0.717) is 32.3 Å². The van der Waals surface area contributed by atoms with Crippen LogP contribution in [0.15, 0.2) is 64.3 Å². The van der Waals surface area contributed by atoms with Crippen molar-refractivity contribution in [2.75, 3.05) is 5.32 Å². The summed E-state index contributed by atoms with van der Waals surface area (Å²) in [6.07, 6.45) is 1.55. The molecule has 1 aromatic carbocycles. The van der Waals surface area contributed by atoms with Crippen molar-refractivity contribution in [2.24, 2.45) is 0 Å². The van der Waals surface area contributed by atoms with Gasteiger partial charge in [-0.2, -0.15) is 0 Å². The molecule has 0 aliphatic heterocycles. The lowest BCUT2D eigenvalue weighted by Crippen LogP contribution is -2.21. The summed E-state index contributed by atoms with van der Waals surface area (Å²) in [6, 6.07) is 13.7. The number of nitrogens with one attached hydrogen (secondary N) is 1. The molecule has 0 fully saturated rings. The molecule has 0 saturated carbocycles. The van der Waals surface area contributed by atoms with E-state index >= 15 is 0 Å². The van der Waals surface area contributed by atoms with E-state index in [1.807, 2.05) is 53.2 Å². The van der Waals surface area contributed by atoms with Gasteiger partial charge in [0.25, 0.3) is 11.5 Å². The standard InChI is InChI=1S/C22H16N4O2S3/c1-13-17-20(23-12-26(21(17)28)10-14-6-3-2-4-7-14)31-18(13)19(27)25-22-24-15(11-30-22)16-8-5-9-29-16/h2-9,11-12H,10H2,1H3,(H,24,25,27). The van der Waals surface area contributed by atoms with Gasteiger partial charge in [-0.15, -0.1) is 34.0 Å². The van der Waals surface area contributed by atoms with Crippen LogP contribution < -0.4 is 10.9 Å². The van der Waals surface area contributed by atoms with Crippen LogP contribution in [0.1, 0.15) is 20.8 Å². The van der Waals surface area contributed by atoms with Crippen LogP contribution in [0.3, 0.4) is 0 Å². The van der Waals surface area contributed by atoms with Crippen LogP contribution >= 0.6 is 34.0 Å². The lowest BCUT2D eigenvalue weighted by Gasteiger charge is -2.05. The first-order valence-corrected chi connectivity index (χ1v) is 12.0. The summed E-state index contributed by atoms with van der Waals surface area (Å²) in [5.41, 5.74) is 2.36. The molecule has 31 heavy (non-hydrogen) atoms. The van der Waals surface area contributed by atoms with Gasteiger partial charge < -0.3 is 0 Å². The second-order valence-electron chi connectivity index (χ2n) is 6.87. The summed E-state index contributed by atoms with van der Waals surface area (Å²) in [5.74, 6) is -0.276. The molecule has 0 aliphatic rings. The molecule has 0 unspecified atom stereocenters. The smallest absolute Gasteiger partial charge is 0.267 e. The van der Waals surface area contributed by atoms with E-state index in [2.05, 4.69) is 15.3 Å². The van der Waals surface area contributed by atoms with Crippen molar-refractivity contribution < 1.29 is 4.79 Å². The maximum Gasteiger partial charge on any atom is 0.267 e. The third kappa shape index (κ3) is 3.83. The summed E-state index contributed by atoms with van der Waals surface area (Å²) in [6.45, 7) is 2.23. The Morgan fingerprint density at radius 1 is 1.13 bits per heavy atom. The Kier molecular flexibility index (Phi) is 5.23. The van der Waals surface area contributed by atoms with E-state index in [9.17, 15) is 9.59 Å². The minimum Gasteiger partial charge on any atom is -0.297 e. The number of nitrogens with zero attached hydrogens (tertiary/aromatic N) is 3. The Bertz CT molecular complexity index is 1430. The molecule has 5 aromatic rings. The van der Waals surface area contributed by atoms with E-state index in [0.717, 1.165) is 16.1 Å². The van der Waals surface area contributed by atoms with Crippen LogP contribution in [0.25, 0.3) is 20.8 Å². The highest BCUT2D eigenvalue weighted by molar-refractivity contribution is 7.21. The van der Waals surface area contributed by atoms with Crippen LogP contribution in [0, 0.1) is 6.92 Å². The van der Waals surface area contributed by atoms with Gasteiger partial charge in [0.05, 0.1) is 33.7 Å². The van der Waals surface area contributed by atoms with Crippen molar-refractivity contribution in [2.45, 2.75) is 13.5 Å². The lowest BCUT2D eigenvalue weighted by molar-refractivity contribution is 0.103. The molecule has 1 N–H and O–H groups in total. The Morgan fingerprint density at radius 3 is 2.74 bits per heavy atom. The van der Waals surface area contributed by atoms with Crippen molar-refractivity contribution in [3.63, 3.8) is 0 Å². The molecule has 9 heteroatoms. The van der Waals surface area contributed by atoms with Gasteiger partial charge in [0, 0.05) is 5.38 Å². The van der Waals surface area contributed by atoms with Crippen molar-refractivity contribution in [3.8, 4) is 10.6 Å². The summed E-state index contributed by atoms with van der Waals surface area (Å²) in [4.78, 5) is 37.0. The zero-order valence-electron chi connectivity index (χ0n) is 16.4. The molecule has 4 aromatic heterocycles. The van der Waals surface area contributed by atoms with E-state index < -0.39 is 0 Å². The number of carbonyl (C=O) groups excluding carboxylic acids is 1. The maximum atomic E-state index is 13.1. The van der Waals surface area contributed by atoms with Crippen molar-refractivity contribution in [1.82, 2.24) is 14.5 Å². The average Bonchev–Trinajstić information content (AvgIpc) is 3.51. The Balaban J connectivity index is 1.43. The van der Waals surface area contributed by atoms with Crippen molar-refractivity contribution >= 4 is 55.3 Å². The molecule has 6 nitrogen and oxygen atoms in total. The number of aromatic nitrogens is 3. The van der Waals surface area contributed by atoms with Crippen LogP contribution in [-0.2, 0) is 6.54 Å². The first-order valence-electron chi connectivity index (χ1n) is 9.43. The quantitative estimate of drug-likeness (QED) is 0.385. The number of thiophene rings is 2. The molecule has 0 spiro atoms. The minimum atomic E-state index is -0.276. The van der Waals surface area contributed by atoms with Gasteiger partial charge in [0.2, 0.25) is 0 Å². The fourth-order valence-electron chi connectivity index (χ4n) is 3.29.